The molecule has 2 aromatic rings. The molecular formula is C13H8Cl2N2O2. The van der Waals surface area contributed by atoms with Crippen LogP contribution in [0.5, 0.6) is 0 Å². The smallest absolute Gasteiger partial charge is 0.313 e. The summed E-state index contributed by atoms with van der Waals surface area (Å²) in [4.78, 5) is 20.2. The van der Waals surface area contributed by atoms with Crippen LogP contribution in [-0.4, -0.2) is 17.2 Å². The molecule has 1 aromatic heterocycles. The van der Waals surface area contributed by atoms with Crippen molar-refractivity contribution >= 4 is 35.4 Å². The zero-order chi connectivity index (χ0) is 13.7. The zero-order valence-electron chi connectivity index (χ0n) is 9.59. The molecule has 0 radical (unpaired) electrons. The van der Waals surface area contributed by atoms with Crippen LogP contribution in [0.1, 0.15) is 15.9 Å². The highest BCUT2D eigenvalue weighted by atomic mass is 35.5. The minimum absolute atomic E-state index is 0.0179. The molecule has 19 heavy (non-hydrogen) atoms. The first-order chi connectivity index (χ1) is 9.16. The molecule has 0 bridgehead atoms. The summed E-state index contributed by atoms with van der Waals surface area (Å²) in [5.41, 5.74) is 0.880. The molecule has 96 valence electrons. The van der Waals surface area contributed by atoms with Crippen molar-refractivity contribution in [3.63, 3.8) is 0 Å². The summed E-state index contributed by atoms with van der Waals surface area (Å²) >= 11 is 11.5. The molecule has 0 amide bonds. The van der Waals surface area contributed by atoms with Crippen LogP contribution in [0.15, 0.2) is 47.8 Å². The molecule has 0 saturated carbocycles. The van der Waals surface area contributed by atoms with Crippen molar-refractivity contribution in [1.29, 1.82) is 0 Å². The third-order valence-electron chi connectivity index (χ3n) is 2.16. The van der Waals surface area contributed by atoms with Gasteiger partial charge in [0.15, 0.2) is 0 Å². The van der Waals surface area contributed by atoms with Gasteiger partial charge in [0.1, 0.15) is 10.7 Å². The number of hydrogen-bond acceptors (Lipinski definition) is 4. The SMILES string of the molecule is O=C(O/N=C\c1ccccc1)c1cc(Cl)cnc1Cl. The van der Waals surface area contributed by atoms with E-state index < -0.39 is 5.97 Å². The first kappa shape index (κ1) is 13.5. The van der Waals surface area contributed by atoms with Crippen molar-refractivity contribution in [2.45, 2.75) is 0 Å². The maximum absolute atomic E-state index is 11.7. The van der Waals surface area contributed by atoms with Gasteiger partial charge >= 0.3 is 5.97 Å². The summed E-state index contributed by atoms with van der Waals surface area (Å²) in [6, 6.07) is 10.6. The van der Waals surface area contributed by atoms with Crippen molar-refractivity contribution in [2.24, 2.45) is 5.16 Å². The van der Waals surface area contributed by atoms with Gasteiger partial charge in [-0.25, -0.2) is 9.78 Å². The molecular weight excluding hydrogens is 287 g/mol. The molecule has 1 heterocycles. The molecule has 0 atom stereocenters. The number of carbonyl (C=O) groups excluding carboxylic acids is 1. The molecule has 0 aliphatic carbocycles. The van der Waals surface area contributed by atoms with E-state index in [4.69, 9.17) is 28.0 Å². The second-order valence-corrected chi connectivity index (χ2v) is 4.31. The number of carbonyl (C=O) groups is 1. The third-order valence-corrected chi connectivity index (χ3v) is 2.67. The largest absolute Gasteiger partial charge is 0.368 e. The Morgan fingerprint density at radius 3 is 2.74 bits per heavy atom. The summed E-state index contributed by atoms with van der Waals surface area (Å²) in [5, 5.41) is 3.90. The van der Waals surface area contributed by atoms with E-state index in [0.717, 1.165) is 5.56 Å². The molecule has 4 nitrogen and oxygen atoms in total. The maximum Gasteiger partial charge on any atom is 0.368 e. The van der Waals surface area contributed by atoms with E-state index in [1.807, 2.05) is 30.3 Å². The summed E-state index contributed by atoms with van der Waals surface area (Å²) in [5.74, 6) is -0.716. The fraction of sp³-hybridized carbons (Fsp3) is 0. The number of aromatic nitrogens is 1. The molecule has 1 aromatic carbocycles. The van der Waals surface area contributed by atoms with Gasteiger partial charge in [-0.1, -0.05) is 58.7 Å². The van der Waals surface area contributed by atoms with Crippen LogP contribution >= 0.6 is 23.2 Å². The van der Waals surface area contributed by atoms with Gasteiger partial charge in [-0.3, -0.25) is 0 Å². The second kappa shape index (κ2) is 6.31. The maximum atomic E-state index is 11.7. The standard InChI is InChI=1S/C13H8Cl2N2O2/c14-10-6-11(12(15)16-8-10)13(18)19-17-7-9-4-2-1-3-5-9/h1-8H/b17-7-. The monoisotopic (exact) mass is 294 g/mol. The lowest BCUT2D eigenvalue weighted by Crippen LogP contribution is -2.03. The Morgan fingerprint density at radius 1 is 1.26 bits per heavy atom. The summed E-state index contributed by atoms with van der Waals surface area (Å²) in [7, 11) is 0. The van der Waals surface area contributed by atoms with Crippen molar-refractivity contribution in [2.75, 3.05) is 0 Å². The van der Waals surface area contributed by atoms with E-state index in [0.29, 0.717) is 5.02 Å². The average molecular weight is 295 g/mol. The first-order valence-corrected chi connectivity index (χ1v) is 6.03. The zero-order valence-corrected chi connectivity index (χ0v) is 11.1. The van der Waals surface area contributed by atoms with Crippen molar-refractivity contribution < 1.29 is 9.63 Å². The van der Waals surface area contributed by atoms with Crippen molar-refractivity contribution in [3.8, 4) is 0 Å². The predicted octanol–water partition coefficient (Wildman–Crippen LogP) is 3.58. The van der Waals surface area contributed by atoms with Crippen LogP contribution in [0.3, 0.4) is 0 Å². The first-order valence-electron chi connectivity index (χ1n) is 5.27. The highest BCUT2D eigenvalue weighted by Crippen LogP contribution is 2.18. The topological polar surface area (TPSA) is 51.5 Å². The molecule has 0 N–H and O–H groups in total. The van der Waals surface area contributed by atoms with Crippen LogP contribution in [0, 0.1) is 0 Å². The number of pyridine rings is 1. The fourth-order valence-electron chi connectivity index (χ4n) is 1.29. The number of oxime groups is 1. The van der Waals surface area contributed by atoms with E-state index >= 15 is 0 Å². The van der Waals surface area contributed by atoms with Gasteiger partial charge in [-0.05, 0) is 11.6 Å². The molecule has 6 heteroatoms. The third kappa shape index (κ3) is 3.77. The van der Waals surface area contributed by atoms with E-state index in [-0.39, 0.29) is 10.7 Å². The van der Waals surface area contributed by atoms with E-state index in [1.165, 1.54) is 18.5 Å². The van der Waals surface area contributed by atoms with Gasteiger partial charge in [-0.15, -0.1) is 0 Å². The van der Waals surface area contributed by atoms with E-state index in [9.17, 15) is 4.79 Å². The van der Waals surface area contributed by atoms with Gasteiger partial charge in [0, 0.05) is 6.20 Å². The minimum atomic E-state index is -0.716. The van der Waals surface area contributed by atoms with Crippen LogP contribution in [0.4, 0.5) is 0 Å². The number of rotatable bonds is 3. The Morgan fingerprint density at radius 2 is 2.00 bits per heavy atom. The Kier molecular flexibility index (Phi) is 4.49. The molecule has 0 unspecified atom stereocenters. The van der Waals surface area contributed by atoms with Gasteiger partial charge in [0.25, 0.3) is 0 Å². The number of halogens is 2. The number of benzene rings is 1. The van der Waals surface area contributed by atoms with Gasteiger partial charge in [-0.2, -0.15) is 0 Å². The molecule has 0 fully saturated rings. The lowest BCUT2D eigenvalue weighted by molar-refractivity contribution is 0.0519. The van der Waals surface area contributed by atoms with Crippen molar-refractivity contribution in [3.05, 3.63) is 63.9 Å². The molecule has 0 spiro atoms. The molecule has 2 rings (SSSR count). The Bertz CT molecular complexity index is 615. The van der Waals surface area contributed by atoms with Gasteiger partial charge < -0.3 is 4.84 Å². The fourth-order valence-corrected chi connectivity index (χ4v) is 1.63. The lowest BCUT2D eigenvalue weighted by atomic mass is 10.2. The minimum Gasteiger partial charge on any atom is -0.313 e. The Hall–Kier alpha value is -1.91. The Labute approximate surface area is 119 Å². The highest BCUT2D eigenvalue weighted by molar-refractivity contribution is 6.34. The summed E-state index contributed by atoms with van der Waals surface area (Å²) < 4.78 is 0. The van der Waals surface area contributed by atoms with E-state index in [2.05, 4.69) is 10.1 Å². The van der Waals surface area contributed by atoms with Gasteiger partial charge in [0.2, 0.25) is 0 Å². The summed E-state index contributed by atoms with van der Waals surface area (Å²) in [6.07, 6.45) is 2.76. The van der Waals surface area contributed by atoms with Crippen molar-refractivity contribution in [1.82, 2.24) is 4.98 Å². The van der Waals surface area contributed by atoms with Crippen LogP contribution in [-0.2, 0) is 4.84 Å². The normalized spacial score (nSPS) is 10.6. The average Bonchev–Trinajstić information content (AvgIpc) is 2.42. The number of nitrogens with zero attached hydrogens (tertiary/aromatic N) is 2. The lowest BCUT2D eigenvalue weighted by Gasteiger charge is -2.00. The molecule has 0 saturated heterocycles. The van der Waals surface area contributed by atoms with E-state index in [1.54, 1.807) is 0 Å². The van der Waals surface area contributed by atoms with Crippen LogP contribution in [0.2, 0.25) is 10.2 Å². The molecule has 0 aliphatic rings. The summed E-state index contributed by atoms with van der Waals surface area (Å²) in [6.45, 7) is 0. The highest BCUT2D eigenvalue weighted by Gasteiger charge is 2.13. The molecule has 0 aliphatic heterocycles. The van der Waals surface area contributed by atoms with Crippen LogP contribution < -0.4 is 0 Å². The predicted molar refractivity (Wildman–Crippen MR) is 73.7 cm³/mol. The Balaban J connectivity index is 2.06. The second-order valence-electron chi connectivity index (χ2n) is 3.52. The van der Waals surface area contributed by atoms with Crippen LogP contribution in [0.25, 0.3) is 0 Å². The number of hydrogen-bond donors (Lipinski definition) is 0. The van der Waals surface area contributed by atoms with Gasteiger partial charge in [0.05, 0.1) is 11.2 Å². The quantitative estimate of drug-likeness (QED) is 0.376.